The van der Waals surface area contributed by atoms with Crippen molar-refractivity contribution in [2.24, 2.45) is 0 Å². The Balaban J connectivity index is 1.91. The third kappa shape index (κ3) is 2.53. The molecule has 0 aliphatic rings. The number of pyridine rings is 1. The first-order chi connectivity index (χ1) is 9.24. The monoisotopic (exact) mass is 292 g/mol. The van der Waals surface area contributed by atoms with Gasteiger partial charge < -0.3 is 9.73 Å². The quantitative estimate of drug-likeness (QED) is 0.757. The standard InChI is InChI=1S/C14H10Cl2N2O/c15-11-4-5-12(10-2-1-7-17-14(10)11)18-8-9-3-6-13(16)19-9/h1-7,18H,8H2. The van der Waals surface area contributed by atoms with E-state index in [2.05, 4.69) is 10.3 Å². The summed E-state index contributed by atoms with van der Waals surface area (Å²) >= 11 is 11.9. The molecule has 0 aliphatic carbocycles. The molecule has 0 fully saturated rings. The van der Waals surface area contributed by atoms with Gasteiger partial charge in [0.25, 0.3) is 0 Å². The summed E-state index contributed by atoms with van der Waals surface area (Å²) in [5.41, 5.74) is 1.74. The number of hydrogen-bond acceptors (Lipinski definition) is 3. The van der Waals surface area contributed by atoms with Crippen LogP contribution in [0.3, 0.4) is 0 Å². The van der Waals surface area contributed by atoms with E-state index >= 15 is 0 Å². The largest absolute Gasteiger partial charge is 0.448 e. The summed E-state index contributed by atoms with van der Waals surface area (Å²) < 4.78 is 5.30. The normalized spacial score (nSPS) is 10.8. The average Bonchev–Trinajstić information content (AvgIpc) is 2.84. The predicted molar refractivity (Wildman–Crippen MR) is 77.8 cm³/mol. The number of furan rings is 1. The lowest BCUT2D eigenvalue weighted by molar-refractivity contribution is 0.520. The summed E-state index contributed by atoms with van der Waals surface area (Å²) in [7, 11) is 0. The molecule has 1 aromatic carbocycles. The van der Waals surface area contributed by atoms with Crippen molar-refractivity contribution in [3.05, 3.63) is 58.6 Å². The molecular weight excluding hydrogens is 283 g/mol. The fraction of sp³-hybridized carbons (Fsp3) is 0.0714. The van der Waals surface area contributed by atoms with Gasteiger partial charge in [0.2, 0.25) is 0 Å². The van der Waals surface area contributed by atoms with Gasteiger partial charge in [0.05, 0.1) is 17.1 Å². The molecule has 3 nitrogen and oxygen atoms in total. The van der Waals surface area contributed by atoms with E-state index in [4.69, 9.17) is 27.6 Å². The number of benzene rings is 1. The lowest BCUT2D eigenvalue weighted by Gasteiger charge is -2.09. The maximum atomic E-state index is 6.12. The van der Waals surface area contributed by atoms with Gasteiger partial charge >= 0.3 is 0 Å². The summed E-state index contributed by atoms with van der Waals surface area (Å²) in [6, 6.07) is 11.2. The van der Waals surface area contributed by atoms with Crippen molar-refractivity contribution < 1.29 is 4.42 Å². The molecule has 96 valence electrons. The van der Waals surface area contributed by atoms with Crippen molar-refractivity contribution in [3.8, 4) is 0 Å². The number of nitrogens with one attached hydrogen (secondary N) is 1. The molecule has 3 rings (SSSR count). The topological polar surface area (TPSA) is 38.1 Å². The molecule has 0 radical (unpaired) electrons. The molecule has 0 aliphatic heterocycles. The Hall–Kier alpha value is -1.71. The van der Waals surface area contributed by atoms with Gasteiger partial charge in [-0.2, -0.15) is 0 Å². The second-order valence-corrected chi connectivity index (χ2v) is 4.83. The molecule has 2 aromatic heterocycles. The van der Waals surface area contributed by atoms with Crippen molar-refractivity contribution >= 4 is 39.8 Å². The van der Waals surface area contributed by atoms with Crippen LogP contribution in [-0.2, 0) is 6.54 Å². The molecule has 3 aromatic rings. The van der Waals surface area contributed by atoms with E-state index in [9.17, 15) is 0 Å². The van der Waals surface area contributed by atoms with E-state index in [0.717, 1.165) is 22.4 Å². The Labute approximate surface area is 120 Å². The van der Waals surface area contributed by atoms with Crippen LogP contribution >= 0.6 is 23.2 Å². The zero-order valence-electron chi connectivity index (χ0n) is 9.86. The molecule has 5 heteroatoms. The molecule has 0 bridgehead atoms. The maximum absolute atomic E-state index is 6.12. The highest BCUT2D eigenvalue weighted by molar-refractivity contribution is 6.35. The summed E-state index contributed by atoms with van der Waals surface area (Å²) in [6.07, 6.45) is 1.73. The molecular formula is C14H10Cl2N2O. The molecule has 0 amide bonds. The van der Waals surface area contributed by atoms with E-state index < -0.39 is 0 Å². The molecule has 1 N–H and O–H groups in total. The number of hydrogen-bond donors (Lipinski definition) is 1. The molecule has 19 heavy (non-hydrogen) atoms. The van der Waals surface area contributed by atoms with Gasteiger partial charge in [-0.05, 0) is 48.0 Å². The van der Waals surface area contributed by atoms with Crippen LogP contribution in [0.25, 0.3) is 10.9 Å². The van der Waals surface area contributed by atoms with Crippen molar-refractivity contribution in [2.45, 2.75) is 6.54 Å². The second-order valence-electron chi connectivity index (χ2n) is 4.05. The molecule has 2 heterocycles. The van der Waals surface area contributed by atoms with Crippen molar-refractivity contribution in [2.75, 3.05) is 5.32 Å². The number of rotatable bonds is 3. The second kappa shape index (κ2) is 5.11. The minimum absolute atomic E-state index is 0.388. The molecule has 0 atom stereocenters. The van der Waals surface area contributed by atoms with Crippen LogP contribution in [0, 0.1) is 0 Å². The van der Waals surface area contributed by atoms with Crippen LogP contribution in [0.15, 0.2) is 47.0 Å². The van der Waals surface area contributed by atoms with Gasteiger partial charge in [-0.25, -0.2) is 0 Å². The zero-order chi connectivity index (χ0) is 13.2. The highest BCUT2D eigenvalue weighted by atomic mass is 35.5. The Morgan fingerprint density at radius 1 is 1.11 bits per heavy atom. The Morgan fingerprint density at radius 2 is 2.00 bits per heavy atom. The summed E-state index contributed by atoms with van der Waals surface area (Å²) in [5, 5.41) is 5.30. The summed E-state index contributed by atoms with van der Waals surface area (Å²) in [5.74, 6) is 0.775. The SMILES string of the molecule is Clc1ccc(CNc2ccc(Cl)c3ncccc23)o1. The third-order valence-corrected chi connectivity index (χ3v) is 3.31. The van der Waals surface area contributed by atoms with E-state index in [0.29, 0.717) is 16.8 Å². The van der Waals surface area contributed by atoms with E-state index in [1.807, 2.05) is 30.3 Å². The fourth-order valence-corrected chi connectivity index (χ4v) is 2.30. The van der Waals surface area contributed by atoms with Crippen molar-refractivity contribution in [3.63, 3.8) is 0 Å². The van der Waals surface area contributed by atoms with E-state index in [-0.39, 0.29) is 0 Å². The Kier molecular flexibility index (Phi) is 3.32. The smallest absolute Gasteiger partial charge is 0.193 e. The number of anilines is 1. The molecule has 0 saturated carbocycles. The predicted octanol–water partition coefficient (Wildman–Crippen LogP) is 4.75. The first-order valence-corrected chi connectivity index (χ1v) is 6.51. The molecule has 0 saturated heterocycles. The molecule has 0 spiro atoms. The van der Waals surface area contributed by atoms with Crippen LogP contribution in [0.4, 0.5) is 5.69 Å². The number of nitrogens with zero attached hydrogens (tertiary/aromatic N) is 1. The third-order valence-electron chi connectivity index (χ3n) is 2.80. The van der Waals surface area contributed by atoms with Crippen LogP contribution < -0.4 is 5.32 Å². The van der Waals surface area contributed by atoms with Gasteiger partial charge in [-0.1, -0.05) is 11.6 Å². The van der Waals surface area contributed by atoms with E-state index in [1.165, 1.54) is 0 Å². The maximum Gasteiger partial charge on any atom is 0.193 e. The summed E-state index contributed by atoms with van der Waals surface area (Å²) in [6.45, 7) is 0.554. The minimum Gasteiger partial charge on any atom is -0.448 e. The van der Waals surface area contributed by atoms with Crippen LogP contribution in [0.5, 0.6) is 0 Å². The van der Waals surface area contributed by atoms with E-state index in [1.54, 1.807) is 12.3 Å². The average molecular weight is 293 g/mol. The Morgan fingerprint density at radius 3 is 2.79 bits per heavy atom. The van der Waals surface area contributed by atoms with Gasteiger partial charge in [0.1, 0.15) is 5.76 Å². The van der Waals surface area contributed by atoms with Crippen molar-refractivity contribution in [1.82, 2.24) is 4.98 Å². The summed E-state index contributed by atoms with van der Waals surface area (Å²) in [4.78, 5) is 4.28. The zero-order valence-corrected chi connectivity index (χ0v) is 11.4. The van der Waals surface area contributed by atoms with Crippen molar-refractivity contribution in [1.29, 1.82) is 0 Å². The van der Waals surface area contributed by atoms with Gasteiger partial charge in [0.15, 0.2) is 5.22 Å². The highest BCUT2D eigenvalue weighted by Gasteiger charge is 2.06. The van der Waals surface area contributed by atoms with Crippen LogP contribution in [-0.4, -0.2) is 4.98 Å². The number of fused-ring (bicyclic) bond motifs is 1. The first-order valence-electron chi connectivity index (χ1n) is 5.75. The fourth-order valence-electron chi connectivity index (χ4n) is 1.92. The highest BCUT2D eigenvalue weighted by Crippen LogP contribution is 2.28. The van der Waals surface area contributed by atoms with Gasteiger partial charge in [0, 0.05) is 17.3 Å². The lowest BCUT2D eigenvalue weighted by Crippen LogP contribution is -1.99. The minimum atomic E-state index is 0.388. The van der Waals surface area contributed by atoms with Gasteiger partial charge in [-0.3, -0.25) is 4.98 Å². The molecule has 0 unspecified atom stereocenters. The Bertz CT molecular complexity index is 724. The number of aromatic nitrogens is 1. The number of halogens is 2. The lowest BCUT2D eigenvalue weighted by atomic mass is 10.2. The van der Waals surface area contributed by atoms with Crippen LogP contribution in [0.2, 0.25) is 10.2 Å². The van der Waals surface area contributed by atoms with Crippen LogP contribution in [0.1, 0.15) is 5.76 Å². The first kappa shape index (κ1) is 12.3. The van der Waals surface area contributed by atoms with Gasteiger partial charge in [-0.15, -0.1) is 0 Å².